The van der Waals surface area contributed by atoms with E-state index in [1.807, 2.05) is 121 Å². The van der Waals surface area contributed by atoms with E-state index in [-0.39, 0.29) is 11.3 Å². The van der Waals surface area contributed by atoms with Gasteiger partial charge in [0.15, 0.2) is 0 Å². The maximum atomic E-state index is 16.9. The molecule has 0 spiro atoms. The SMILES string of the molecule is Fc1cccc(F)c1-c1ccc(-n2c3ccccc3c3cc(-n4c5ccccc5c5ccccc54)ccc32)c(C(F)(F)F)c1-n1c2ccccc2c2cc(-n3c4ccccc4c4ccccc43)ccc21. The molecule has 0 atom stereocenters. The first kappa shape index (κ1) is 40.1. The molecule has 0 aliphatic carbocycles. The maximum Gasteiger partial charge on any atom is 0.420 e. The zero-order valence-electron chi connectivity index (χ0n) is 36.9. The highest BCUT2D eigenvalue weighted by Gasteiger charge is 2.41. The van der Waals surface area contributed by atoms with Crippen LogP contribution in [-0.4, -0.2) is 18.3 Å². The predicted octanol–water partition coefficient (Wildman–Crippen LogP) is 17.0. The number of halogens is 5. The summed E-state index contributed by atoms with van der Waals surface area (Å²) in [6.45, 7) is 0. The smallest absolute Gasteiger partial charge is 0.309 e. The zero-order chi connectivity index (χ0) is 47.0. The summed E-state index contributed by atoms with van der Waals surface area (Å²) in [6.07, 6.45) is -5.05. The van der Waals surface area contributed by atoms with E-state index in [1.165, 1.54) is 18.2 Å². The van der Waals surface area contributed by atoms with E-state index in [0.717, 1.165) is 77.9 Å². The van der Waals surface area contributed by atoms with Gasteiger partial charge in [0, 0.05) is 60.0 Å². The topological polar surface area (TPSA) is 19.7 Å². The molecule has 0 unspecified atom stereocenters. The van der Waals surface area contributed by atoms with Gasteiger partial charge in [-0.2, -0.15) is 13.2 Å². The second-order valence-corrected chi connectivity index (χ2v) is 17.8. The normalized spacial score (nSPS) is 12.4. The Bertz CT molecular complexity index is 4380. The molecule has 0 amide bonds. The fraction of sp³-hybridized carbons (Fsp3) is 0.0164. The Morgan fingerprint density at radius 2 is 0.643 bits per heavy atom. The van der Waals surface area contributed by atoms with Gasteiger partial charge in [-0.05, 0) is 97.1 Å². The van der Waals surface area contributed by atoms with Crippen LogP contribution in [0.5, 0.6) is 0 Å². The highest BCUT2D eigenvalue weighted by molar-refractivity contribution is 6.15. The molecule has 0 N–H and O–H groups in total. The molecule has 0 aliphatic heterocycles. The number of aromatic nitrogens is 4. The molecule has 10 aromatic carbocycles. The summed E-state index contributed by atoms with van der Waals surface area (Å²) < 4.78 is 90.7. The fourth-order valence-electron chi connectivity index (χ4n) is 11.3. The lowest BCUT2D eigenvalue weighted by molar-refractivity contribution is -0.137. The summed E-state index contributed by atoms with van der Waals surface area (Å²) in [5, 5.41) is 7.13. The van der Waals surface area contributed by atoms with Crippen molar-refractivity contribution < 1.29 is 22.0 Å². The molecule has 0 fully saturated rings. The molecule has 0 bridgehead atoms. The number of nitrogens with zero attached hydrogens (tertiary/aromatic N) is 4. The fourth-order valence-corrected chi connectivity index (χ4v) is 11.3. The van der Waals surface area contributed by atoms with E-state index in [4.69, 9.17) is 0 Å². The first-order chi connectivity index (χ1) is 34.2. The Kier molecular flexibility index (Phi) is 8.47. The van der Waals surface area contributed by atoms with E-state index in [9.17, 15) is 0 Å². The van der Waals surface area contributed by atoms with Gasteiger partial charge >= 0.3 is 6.18 Å². The highest BCUT2D eigenvalue weighted by atomic mass is 19.4. The number of hydrogen-bond acceptors (Lipinski definition) is 0. The zero-order valence-corrected chi connectivity index (χ0v) is 36.9. The Morgan fingerprint density at radius 1 is 0.300 bits per heavy atom. The van der Waals surface area contributed by atoms with Crippen molar-refractivity contribution in [3.8, 4) is 33.9 Å². The number of hydrogen-bond donors (Lipinski definition) is 0. The Morgan fingerprint density at radius 3 is 1.06 bits per heavy atom. The predicted molar refractivity (Wildman–Crippen MR) is 274 cm³/mol. The van der Waals surface area contributed by atoms with Gasteiger partial charge in [0.25, 0.3) is 0 Å². The van der Waals surface area contributed by atoms with Crippen molar-refractivity contribution in [2.24, 2.45) is 0 Å². The van der Waals surface area contributed by atoms with Gasteiger partial charge in [-0.15, -0.1) is 0 Å². The molecule has 14 aromatic rings. The second-order valence-electron chi connectivity index (χ2n) is 17.8. The Hall–Kier alpha value is -8.95. The van der Waals surface area contributed by atoms with Crippen LogP contribution in [0.25, 0.3) is 121 Å². The van der Waals surface area contributed by atoms with Gasteiger partial charge in [0.2, 0.25) is 0 Å². The number of alkyl halides is 3. The van der Waals surface area contributed by atoms with Crippen LogP contribution in [0.1, 0.15) is 5.56 Å². The summed E-state index contributed by atoms with van der Waals surface area (Å²) in [7, 11) is 0. The lowest BCUT2D eigenvalue weighted by Gasteiger charge is -2.24. The van der Waals surface area contributed by atoms with Crippen LogP contribution in [0.15, 0.2) is 212 Å². The van der Waals surface area contributed by atoms with Crippen LogP contribution >= 0.6 is 0 Å². The minimum Gasteiger partial charge on any atom is -0.309 e. The Balaban J connectivity index is 1.08. The summed E-state index contributed by atoms with van der Waals surface area (Å²) in [5.41, 5.74) is 5.13. The van der Waals surface area contributed by atoms with Gasteiger partial charge in [0.1, 0.15) is 17.2 Å². The van der Waals surface area contributed by atoms with E-state index < -0.39 is 34.6 Å². The lowest BCUT2D eigenvalue weighted by atomic mass is 9.96. The molecular formula is C61H35F5N4. The monoisotopic (exact) mass is 918 g/mol. The average Bonchev–Trinajstić information content (AvgIpc) is 4.11. The van der Waals surface area contributed by atoms with Gasteiger partial charge in [-0.1, -0.05) is 115 Å². The van der Waals surface area contributed by atoms with Crippen LogP contribution in [0.2, 0.25) is 0 Å². The first-order valence-corrected chi connectivity index (χ1v) is 23.0. The molecular weight excluding hydrogens is 884 g/mol. The number of fused-ring (bicyclic) bond motifs is 12. The number of rotatable bonds is 5. The standard InChI is InChI=1S/C61H35F5N4/c62-47-20-13-21-48(63)58(47)44-30-33-57(69-53-26-11-5-18-42(53)45-34-36(28-31-55(45)69)67-49-22-7-1-14-38(49)39-15-2-8-23-50(39)67)59(61(64,65)66)60(44)70-54-27-12-6-19-43(54)46-35-37(29-32-56(46)70)68-51-24-9-3-16-40(51)41-17-4-10-25-52(41)68/h1-35H. The number of para-hydroxylation sites is 6. The summed E-state index contributed by atoms with van der Waals surface area (Å²) in [6, 6.07) is 65.0. The van der Waals surface area contributed by atoms with Crippen molar-refractivity contribution in [1.82, 2.24) is 18.3 Å². The minimum absolute atomic E-state index is 0.188. The third kappa shape index (κ3) is 5.63. The molecule has 9 heteroatoms. The van der Waals surface area contributed by atoms with E-state index >= 15 is 22.0 Å². The van der Waals surface area contributed by atoms with Crippen molar-refractivity contribution in [2.45, 2.75) is 6.18 Å². The van der Waals surface area contributed by atoms with Crippen LogP contribution in [0.3, 0.4) is 0 Å². The van der Waals surface area contributed by atoms with Crippen LogP contribution in [0, 0.1) is 11.6 Å². The van der Waals surface area contributed by atoms with Gasteiger partial charge in [-0.3, -0.25) is 0 Å². The van der Waals surface area contributed by atoms with Crippen LogP contribution in [-0.2, 0) is 6.18 Å². The van der Waals surface area contributed by atoms with Gasteiger partial charge in [-0.25, -0.2) is 8.78 Å². The van der Waals surface area contributed by atoms with Crippen LogP contribution < -0.4 is 0 Å². The van der Waals surface area contributed by atoms with Crippen molar-refractivity contribution in [2.75, 3.05) is 0 Å². The average molecular weight is 919 g/mol. The Labute approximate surface area is 395 Å². The minimum atomic E-state index is -5.05. The van der Waals surface area contributed by atoms with Crippen molar-refractivity contribution in [3.05, 3.63) is 230 Å². The van der Waals surface area contributed by atoms with E-state index in [0.29, 0.717) is 32.8 Å². The molecule has 0 saturated carbocycles. The van der Waals surface area contributed by atoms with E-state index in [1.54, 1.807) is 21.3 Å². The lowest BCUT2D eigenvalue weighted by Crippen LogP contribution is -2.17. The molecule has 14 rings (SSSR count). The molecule has 4 aromatic heterocycles. The molecule has 334 valence electrons. The molecule has 0 saturated heterocycles. The quantitative estimate of drug-likeness (QED) is 0.153. The summed E-state index contributed by atoms with van der Waals surface area (Å²) in [4.78, 5) is 0. The van der Waals surface area contributed by atoms with Crippen molar-refractivity contribution in [3.63, 3.8) is 0 Å². The second kappa shape index (κ2) is 14.8. The number of benzene rings is 10. The van der Waals surface area contributed by atoms with Crippen molar-refractivity contribution >= 4 is 87.2 Å². The maximum absolute atomic E-state index is 16.9. The molecule has 70 heavy (non-hydrogen) atoms. The summed E-state index contributed by atoms with van der Waals surface area (Å²) >= 11 is 0. The summed E-state index contributed by atoms with van der Waals surface area (Å²) in [5.74, 6) is -1.96. The third-order valence-electron chi connectivity index (χ3n) is 14.1. The van der Waals surface area contributed by atoms with Crippen molar-refractivity contribution in [1.29, 1.82) is 0 Å². The molecule has 4 nitrogen and oxygen atoms in total. The first-order valence-electron chi connectivity index (χ1n) is 23.0. The van der Waals surface area contributed by atoms with Crippen LogP contribution in [0.4, 0.5) is 22.0 Å². The molecule has 0 aliphatic rings. The van der Waals surface area contributed by atoms with E-state index in [2.05, 4.69) is 57.7 Å². The van der Waals surface area contributed by atoms with Gasteiger partial charge in [0.05, 0.1) is 61.1 Å². The third-order valence-corrected chi connectivity index (χ3v) is 14.1. The van der Waals surface area contributed by atoms with Gasteiger partial charge < -0.3 is 18.3 Å². The highest BCUT2D eigenvalue weighted by Crippen LogP contribution is 2.49. The molecule has 4 heterocycles. The molecule has 0 radical (unpaired) electrons. The largest absolute Gasteiger partial charge is 0.420 e.